The summed E-state index contributed by atoms with van der Waals surface area (Å²) in [6.45, 7) is 4.00. The Balaban J connectivity index is 0.000000617. The van der Waals surface area contributed by atoms with E-state index in [9.17, 15) is 10.0 Å². The molecule has 5 aromatic carbocycles. The average Bonchev–Trinajstić information content (AvgIpc) is 3.21. The van der Waals surface area contributed by atoms with E-state index < -0.39 is 7.12 Å². The molecule has 0 atom stereocenters. The van der Waals surface area contributed by atoms with E-state index in [0.717, 1.165) is 16.3 Å². The van der Waals surface area contributed by atoms with Gasteiger partial charge in [0.1, 0.15) is 0 Å². The Morgan fingerprint density at radius 1 is 0.576 bits per heavy atom. The first-order valence-corrected chi connectivity index (χ1v) is 12.1. The molecule has 6 rings (SSSR count). The Kier molecular flexibility index (Phi) is 6.89. The van der Waals surface area contributed by atoms with Gasteiger partial charge in [-0.3, -0.25) is 0 Å². The van der Waals surface area contributed by atoms with E-state index in [0.29, 0.717) is 5.46 Å². The van der Waals surface area contributed by atoms with Crippen LogP contribution in [0.1, 0.15) is 13.8 Å². The third-order valence-corrected chi connectivity index (χ3v) is 6.02. The number of rotatable bonds is 2. The van der Waals surface area contributed by atoms with Crippen molar-refractivity contribution in [3.05, 3.63) is 91.0 Å². The molecular formula is C29H27BO2S. The van der Waals surface area contributed by atoms with Gasteiger partial charge in [0.15, 0.2) is 0 Å². The van der Waals surface area contributed by atoms with Crippen LogP contribution in [0.4, 0.5) is 0 Å². The lowest BCUT2D eigenvalue weighted by atomic mass is 9.79. The molecule has 0 aliphatic heterocycles. The number of thiol groups is 1. The zero-order chi connectivity index (χ0) is 23.5. The summed E-state index contributed by atoms with van der Waals surface area (Å²) in [4.78, 5) is 0. The summed E-state index contributed by atoms with van der Waals surface area (Å²) in [5.74, 6) is 0. The van der Waals surface area contributed by atoms with E-state index in [1.54, 1.807) is 12.3 Å². The Morgan fingerprint density at radius 3 is 1.85 bits per heavy atom. The van der Waals surface area contributed by atoms with Gasteiger partial charge in [-0.1, -0.05) is 98.8 Å². The molecule has 1 aliphatic rings. The van der Waals surface area contributed by atoms with E-state index in [2.05, 4.69) is 85.4 Å². The lowest BCUT2D eigenvalue weighted by molar-refractivity contribution is 0.426. The van der Waals surface area contributed by atoms with Gasteiger partial charge in [0, 0.05) is 0 Å². The molecule has 164 valence electrons. The fraction of sp³-hybridized carbons (Fsp3) is 0.103. The third-order valence-electron chi connectivity index (χ3n) is 6.02. The first-order chi connectivity index (χ1) is 16.2. The standard InChI is InChI=1S/C26H17BO2.C2H6.CH4S/c28-27(29)19-11-10-16-14-18(9-8-17(16)15-19)20-12-13-25-22-5-2-1-4-21(22)24-7-3-6-23(20)26(24)25;2*1-2/h1-15,28-29H;1-2H3;2H,1H3. The average molecular weight is 450 g/mol. The Bertz CT molecular complexity index is 1410. The monoisotopic (exact) mass is 450 g/mol. The van der Waals surface area contributed by atoms with Crippen LogP contribution in [0.2, 0.25) is 0 Å². The first kappa shape index (κ1) is 23.1. The van der Waals surface area contributed by atoms with Crippen molar-refractivity contribution in [3.63, 3.8) is 0 Å². The normalized spacial score (nSPS) is 10.7. The fourth-order valence-corrected chi connectivity index (χ4v) is 4.65. The predicted molar refractivity (Wildman–Crippen MR) is 147 cm³/mol. The molecule has 0 aromatic heterocycles. The number of hydrogen-bond acceptors (Lipinski definition) is 3. The van der Waals surface area contributed by atoms with Crippen molar-refractivity contribution in [1.82, 2.24) is 0 Å². The Labute approximate surface area is 201 Å². The molecule has 1 aliphatic carbocycles. The summed E-state index contributed by atoms with van der Waals surface area (Å²) in [7, 11) is -1.45. The lowest BCUT2D eigenvalue weighted by Crippen LogP contribution is -2.29. The highest BCUT2D eigenvalue weighted by Gasteiger charge is 2.22. The molecule has 0 saturated heterocycles. The molecule has 0 spiro atoms. The van der Waals surface area contributed by atoms with Crippen LogP contribution in [0.3, 0.4) is 0 Å². The molecular weight excluding hydrogens is 423 g/mol. The molecule has 0 bridgehead atoms. The summed E-state index contributed by atoms with van der Waals surface area (Å²) in [6.07, 6.45) is 1.69. The van der Waals surface area contributed by atoms with Crippen LogP contribution in [-0.4, -0.2) is 23.4 Å². The summed E-state index contributed by atoms with van der Waals surface area (Å²) in [5, 5.41) is 23.5. The minimum atomic E-state index is -1.45. The molecule has 0 radical (unpaired) electrons. The van der Waals surface area contributed by atoms with E-state index in [1.807, 2.05) is 26.0 Å². The highest BCUT2D eigenvalue weighted by atomic mass is 32.1. The van der Waals surface area contributed by atoms with Gasteiger partial charge in [0.2, 0.25) is 0 Å². The zero-order valence-corrected chi connectivity index (χ0v) is 20.0. The molecule has 0 saturated carbocycles. The molecule has 2 N–H and O–H groups in total. The highest BCUT2D eigenvalue weighted by Crippen LogP contribution is 2.49. The SMILES string of the molecule is CC.CS.OB(O)c1ccc2cc(-c3ccc4c5c(cccc35)-c3ccccc3-4)ccc2c1. The van der Waals surface area contributed by atoms with E-state index in [1.165, 1.54) is 38.6 Å². The van der Waals surface area contributed by atoms with Crippen LogP contribution in [0.5, 0.6) is 0 Å². The van der Waals surface area contributed by atoms with Crippen molar-refractivity contribution in [2.75, 3.05) is 6.26 Å². The summed E-state index contributed by atoms with van der Waals surface area (Å²) < 4.78 is 0. The van der Waals surface area contributed by atoms with E-state index in [-0.39, 0.29) is 0 Å². The van der Waals surface area contributed by atoms with Gasteiger partial charge in [0.05, 0.1) is 0 Å². The van der Waals surface area contributed by atoms with Crippen molar-refractivity contribution in [2.24, 2.45) is 0 Å². The Morgan fingerprint density at radius 2 is 1.15 bits per heavy atom. The second kappa shape index (κ2) is 9.84. The minimum absolute atomic E-state index is 0.508. The van der Waals surface area contributed by atoms with Gasteiger partial charge in [0.25, 0.3) is 0 Å². The number of benzene rings is 5. The summed E-state index contributed by atoms with van der Waals surface area (Å²) in [6, 6.07) is 31.5. The van der Waals surface area contributed by atoms with E-state index in [4.69, 9.17) is 0 Å². The lowest BCUT2D eigenvalue weighted by Gasteiger charge is -2.11. The third kappa shape index (κ3) is 3.95. The van der Waals surface area contributed by atoms with Gasteiger partial charge in [-0.15, -0.1) is 0 Å². The zero-order valence-electron chi connectivity index (χ0n) is 19.1. The number of fused-ring (bicyclic) bond motifs is 4. The van der Waals surface area contributed by atoms with Gasteiger partial charge in [-0.05, 0) is 72.7 Å². The topological polar surface area (TPSA) is 40.5 Å². The van der Waals surface area contributed by atoms with Gasteiger partial charge >= 0.3 is 7.12 Å². The molecule has 33 heavy (non-hydrogen) atoms. The van der Waals surface area contributed by atoms with Crippen LogP contribution in [0.15, 0.2) is 91.0 Å². The van der Waals surface area contributed by atoms with Crippen molar-refractivity contribution in [3.8, 4) is 33.4 Å². The molecule has 0 fully saturated rings. The van der Waals surface area contributed by atoms with Crippen molar-refractivity contribution in [1.29, 1.82) is 0 Å². The molecule has 4 heteroatoms. The second-order valence-corrected chi connectivity index (χ2v) is 7.63. The largest absolute Gasteiger partial charge is 0.488 e. The van der Waals surface area contributed by atoms with Crippen LogP contribution >= 0.6 is 12.6 Å². The maximum Gasteiger partial charge on any atom is 0.488 e. The van der Waals surface area contributed by atoms with Crippen LogP contribution in [-0.2, 0) is 0 Å². The van der Waals surface area contributed by atoms with Crippen molar-refractivity contribution in [2.45, 2.75) is 13.8 Å². The summed E-state index contributed by atoms with van der Waals surface area (Å²) in [5.41, 5.74) is 8.10. The van der Waals surface area contributed by atoms with Gasteiger partial charge < -0.3 is 10.0 Å². The molecule has 2 nitrogen and oxygen atoms in total. The summed E-state index contributed by atoms with van der Waals surface area (Å²) >= 11 is 3.53. The Hall–Kier alpha value is -3.05. The minimum Gasteiger partial charge on any atom is -0.423 e. The quantitative estimate of drug-likeness (QED) is 0.207. The smallest absolute Gasteiger partial charge is 0.423 e. The fourth-order valence-electron chi connectivity index (χ4n) is 4.65. The van der Waals surface area contributed by atoms with Crippen LogP contribution in [0.25, 0.3) is 54.9 Å². The molecule has 0 heterocycles. The molecule has 5 aromatic rings. The van der Waals surface area contributed by atoms with Gasteiger partial charge in [-0.25, -0.2) is 0 Å². The molecule has 0 unspecified atom stereocenters. The first-order valence-electron chi connectivity index (χ1n) is 11.2. The van der Waals surface area contributed by atoms with E-state index >= 15 is 0 Å². The van der Waals surface area contributed by atoms with Crippen LogP contribution in [0, 0.1) is 0 Å². The number of hydrogen-bond donors (Lipinski definition) is 3. The van der Waals surface area contributed by atoms with Crippen LogP contribution < -0.4 is 5.46 Å². The highest BCUT2D eigenvalue weighted by molar-refractivity contribution is 7.79. The van der Waals surface area contributed by atoms with Crippen molar-refractivity contribution < 1.29 is 10.0 Å². The van der Waals surface area contributed by atoms with Crippen molar-refractivity contribution >= 4 is 46.8 Å². The second-order valence-electron chi connectivity index (χ2n) is 7.63. The van der Waals surface area contributed by atoms with Gasteiger partial charge in [-0.2, -0.15) is 12.6 Å². The maximum absolute atomic E-state index is 9.42. The predicted octanol–water partition coefficient (Wildman–Crippen LogP) is 6.56. The molecule has 0 amide bonds. The maximum atomic E-state index is 9.42.